The second kappa shape index (κ2) is 6.83. The van der Waals surface area contributed by atoms with Crippen molar-refractivity contribution < 1.29 is 9.90 Å². The molecule has 1 aromatic heterocycles. The Morgan fingerprint density at radius 1 is 1.39 bits per heavy atom. The predicted octanol–water partition coefficient (Wildman–Crippen LogP) is 2.91. The minimum Gasteiger partial charge on any atom is -0.481 e. The highest BCUT2D eigenvalue weighted by atomic mass is 32.2. The fourth-order valence-corrected chi connectivity index (χ4v) is 2.45. The molecule has 18 heavy (non-hydrogen) atoms. The van der Waals surface area contributed by atoms with Gasteiger partial charge in [-0.15, -0.1) is 0 Å². The van der Waals surface area contributed by atoms with E-state index in [1.54, 1.807) is 0 Å². The van der Waals surface area contributed by atoms with Gasteiger partial charge in [-0.1, -0.05) is 39.5 Å². The van der Waals surface area contributed by atoms with E-state index in [0.29, 0.717) is 11.8 Å². The monoisotopic (exact) mass is 270 g/mol. The van der Waals surface area contributed by atoms with Crippen LogP contribution < -0.4 is 0 Å². The maximum atomic E-state index is 10.6. The molecule has 0 aliphatic heterocycles. The molecule has 0 aromatic carbocycles. The maximum absolute atomic E-state index is 10.6. The first kappa shape index (κ1) is 15.1. The topological polar surface area (TPSA) is 55.1 Å². The highest BCUT2D eigenvalue weighted by Crippen LogP contribution is 2.21. The Morgan fingerprint density at radius 3 is 2.56 bits per heavy atom. The van der Waals surface area contributed by atoms with E-state index in [1.165, 1.54) is 11.8 Å². The lowest BCUT2D eigenvalue weighted by molar-refractivity contribution is -0.133. The van der Waals surface area contributed by atoms with Crippen molar-refractivity contribution in [3.05, 3.63) is 11.8 Å². The Labute approximate surface area is 113 Å². The molecule has 0 saturated carbocycles. The summed E-state index contributed by atoms with van der Waals surface area (Å²) in [5, 5.41) is 14.3. The second-order valence-electron chi connectivity index (χ2n) is 5.33. The van der Waals surface area contributed by atoms with Gasteiger partial charge in [-0.3, -0.25) is 9.48 Å². The largest absolute Gasteiger partial charge is 0.481 e. The number of aromatic nitrogens is 2. The molecule has 0 amide bonds. The first-order valence-corrected chi connectivity index (χ1v) is 7.28. The minimum absolute atomic E-state index is 0.0882. The predicted molar refractivity (Wildman–Crippen MR) is 74.0 cm³/mol. The van der Waals surface area contributed by atoms with Gasteiger partial charge in [-0.2, -0.15) is 5.10 Å². The van der Waals surface area contributed by atoms with Gasteiger partial charge >= 0.3 is 5.97 Å². The van der Waals surface area contributed by atoms with Crippen LogP contribution in [-0.4, -0.2) is 26.6 Å². The van der Waals surface area contributed by atoms with Gasteiger partial charge in [0, 0.05) is 6.54 Å². The summed E-state index contributed by atoms with van der Waals surface area (Å²) in [6.45, 7) is 9.42. The average molecular weight is 270 g/mol. The van der Waals surface area contributed by atoms with Crippen LogP contribution in [0.4, 0.5) is 0 Å². The third kappa shape index (κ3) is 5.12. The van der Waals surface area contributed by atoms with Crippen LogP contribution in [0.25, 0.3) is 0 Å². The van der Waals surface area contributed by atoms with Gasteiger partial charge in [0.15, 0.2) is 0 Å². The minimum atomic E-state index is -0.789. The lowest BCUT2D eigenvalue weighted by Gasteiger charge is -2.08. The number of rotatable bonds is 7. The number of hydrogen-bond acceptors (Lipinski definition) is 3. The lowest BCUT2D eigenvalue weighted by Crippen LogP contribution is -2.09. The van der Waals surface area contributed by atoms with E-state index in [9.17, 15) is 4.79 Å². The molecule has 0 aliphatic carbocycles. The van der Waals surface area contributed by atoms with E-state index in [1.807, 2.05) is 10.7 Å². The highest BCUT2D eigenvalue weighted by molar-refractivity contribution is 7.99. The standard InChI is InChI=1S/C13H22N2O2S/c1-9(2)5-11-6-12(18-8-13(16)17)15(14-11)7-10(3)4/h6,9-10H,5,7-8H2,1-4H3,(H,16,17). The van der Waals surface area contributed by atoms with Crippen LogP contribution in [0.5, 0.6) is 0 Å². The molecule has 0 atom stereocenters. The molecule has 0 spiro atoms. The number of carboxylic acids is 1. The number of nitrogens with zero attached hydrogens (tertiary/aromatic N) is 2. The zero-order valence-electron chi connectivity index (χ0n) is 11.5. The molecule has 102 valence electrons. The van der Waals surface area contributed by atoms with Crippen molar-refractivity contribution in [3.63, 3.8) is 0 Å². The first-order valence-electron chi connectivity index (χ1n) is 6.29. The third-order valence-corrected chi connectivity index (χ3v) is 3.31. The van der Waals surface area contributed by atoms with Gasteiger partial charge in [-0.25, -0.2) is 0 Å². The molecule has 0 radical (unpaired) electrons. The molecule has 0 bridgehead atoms. The summed E-state index contributed by atoms with van der Waals surface area (Å²) in [7, 11) is 0. The second-order valence-corrected chi connectivity index (χ2v) is 6.33. The number of carboxylic acid groups (broad SMARTS) is 1. The quantitative estimate of drug-likeness (QED) is 0.774. The normalized spacial score (nSPS) is 11.4. The third-order valence-electron chi connectivity index (χ3n) is 2.29. The summed E-state index contributed by atoms with van der Waals surface area (Å²) in [6.07, 6.45) is 0.936. The van der Waals surface area contributed by atoms with Crippen molar-refractivity contribution in [2.24, 2.45) is 11.8 Å². The van der Waals surface area contributed by atoms with Gasteiger partial charge in [0.25, 0.3) is 0 Å². The van der Waals surface area contributed by atoms with Crippen molar-refractivity contribution in [3.8, 4) is 0 Å². The smallest absolute Gasteiger partial charge is 0.313 e. The zero-order chi connectivity index (χ0) is 13.7. The van der Waals surface area contributed by atoms with Gasteiger partial charge in [0.05, 0.1) is 16.5 Å². The van der Waals surface area contributed by atoms with Crippen LogP contribution in [0.15, 0.2) is 11.1 Å². The molecular formula is C13H22N2O2S. The number of thioether (sulfide) groups is 1. The van der Waals surface area contributed by atoms with Gasteiger partial charge in [-0.05, 0) is 24.3 Å². The van der Waals surface area contributed by atoms with Crippen LogP contribution in [0.1, 0.15) is 33.4 Å². The fourth-order valence-electron chi connectivity index (χ4n) is 1.70. The SMILES string of the molecule is CC(C)Cc1cc(SCC(=O)O)n(CC(C)C)n1. The van der Waals surface area contributed by atoms with Crippen molar-refractivity contribution in [1.82, 2.24) is 9.78 Å². The lowest BCUT2D eigenvalue weighted by atomic mass is 10.1. The summed E-state index contributed by atoms with van der Waals surface area (Å²) < 4.78 is 1.94. The summed E-state index contributed by atoms with van der Waals surface area (Å²) >= 11 is 1.35. The van der Waals surface area contributed by atoms with Crippen LogP contribution in [-0.2, 0) is 17.8 Å². The van der Waals surface area contributed by atoms with Crippen LogP contribution in [0.2, 0.25) is 0 Å². The van der Waals surface area contributed by atoms with E-state index in [2.05, 4.69) is 32.8 Å². The maximum Gasteiger partial charge on any atom is 0.313 e. The molecule has 1 rings (SSSR count). The van der Waals surface area contributed by atoms with Crippen molar-refractivity contribution in [2.45, 2.75) is 45.7 Å². The first-order chi connectivity index (χ1) is 8.38. The number of carbonyl (C=O) groups is 1. The summed E-state index contributed by atoms with van der Waals surface area (Å²) in [6, 6.07) is 2.02. The van der Waals surface area contributed by atoms with Crippen molar-refractivity contribution in [2.75, 3.05) is 5.75 Å². The molecule has 0 aliphatic rings. The molecular weight excluding hydrogens is 248 g/mol. The van der Waals surface area contributed by atoms with E-state index >= 15 is 0 Å². The van der Waals surface area contributed by atoms with Crippen molar-refractivity contribution in [1.29, 1.82) is 0 Å². The molecule has 1 aromatic rings. The molecule has 0 saturated heterocycles. The summed E-state index contributed by atoms with van der Waals surface area (Å²) in [4.78, 5) is 10.6. The fraction of sp³-hybridized carbons (Fsp3) is 0.692. The zero-order valence-corrected chi connectivity index (χ0v) is 12.3. The molecule has 1 heterocycles. The molecule has 5 heteroatoms. The van der Waals surface area contributed by atoms with E-state index < -0.39 is 5.97 Å². The number of hydrogen-bond donors (Lipinski definition) is 1. The Hall–Kier alpha value is -0.970. The highest BCUT2D eigenvalue weighted by Gasteiger charge is 2.12. The van der Waals surface area contributed by atoms with E-state index in [-0.39, 0.29) is 5.75 Å². The Bertz CT molecular complexity index is 400. The van der Waals surface area contributed by atoms with Crippen LogP contribution >= 0.6 is 11.8 Å². The van der Waals surface area contributed by atoms with Gasteiger partial charge < -0.3 is 5.11 Å². The van der Waals surface area contributed by atoms with Gasteiger partial charge in [0.1, 0.15) is 0 Å². The Kier molecular flexibility index (Phi) is 5.72. The van der Waals surface area contributed by atoms with Gasteiger partial charge in [0.2, 0.25) is 0 Å². The summed E-state index contributed by atoms with van der Waals surface area (Å²) in [5.41, 5.74) is 1.05. The Morgan fingerprint density at radius 2 is 2.06 bits per heavy atom. The summed E-state index contributed by atoms with van der Waals surface area (Å²) in [5.74, 6) is 0.360. The molecule has 0 fully saturated rings. The molecule has 0 unspecified atom stereocenters. The van der Waals surface area contributed by atoms with Crippen molar-refractivity contribution >= 4 is 17.7 Å². The molecule has 1 N–H and O–H groups in total. The van der Waals surface area contributed by atoms with E-state index in [0.717, 1.165) is 23.7 Å². The molecule has 4 nitrogen and oxygen atoms in total. The van der Waals surface area contributed by atoms with Crippen LogP contribution in [0, 0.1) is 11.8 Å². The Balaban J connectivity index is 2.82. The van der Waals surface area contributed by atoms with Crippen LogP contribution in [0.3, 0.4) is 0 Å². The number of aliphatic carboxylic acids is 1. The average Bonchev–Trinajstić information content (AvgIpc) is 2.55. The van der Waals surface area contributed by atoms with E-state index in [4.69, 9.17) is 5.11 Å².